The fraction of sp³-hybridized carbons (Fsp3) is 0.400. The van der Waals surface area contributed by atoms with Crippen molar-refractivity contribution in [2.24, 2.45) is 0 Å². The molecule has 4 heteroatoms. The molecule has 0 unspecified atom stereocenters. The second-order valence-corrected chi connectivity index (χ2v) is 3.12. The van der Waals surface area contributed by atoms with E-state index >= 15 is 0 Å². The smallest absolute Gasteiger partial charge is 0.269 e. The molecule has 0 saturated heterocycles. The lowest BCUT2D eigenvalue weighted by atomic mass is 10.3. The molecule has 0 saturated carbocycles. The van der Waals surface area contributed by atoms with Gasteiger partial charge in [0.25, 0.3) is 5.91 Å². The Bertz CT molecular complexity index is 306. The Labute approximate surface area is 83.3 Å². The predicted molar refractivity (Wildman–Crippen MR) is 53.4 cm³/mol. The molecule has 0 spiro atoms. The Balaban J connectivity index is 2.73. The fourth-order valence-corrected chi connectivity index (χ4v) is 0.985. The van der Waals surface area contributed by atoms with Crippen molar-refractivity contribution < 1.29 is 9.53 Å². The quantitative estimate of drug-likeness (QED) is 0.787. The highest BCUT2D eigenvalue weighted by atomic mass is 16.5. The minimum absolute atomic E-state index is 0.114. The topological polar surface area (TPSA) is 51.2 Å². The first-order chi connectivity index (χ1) is 6.63. The van der Waals surface area contributed by atoms with Gasteiger partial charge in [-0.2, -0.15) is 0 Å². The molecule has 1 N–H and O–H groups in total. The number of amides is 1. The van der Waals surface area contributed by atoms with Gasteiger partial charge in [-0.05, 0) is 26.0 Å². The third-order valence-electron chi connectivity index (χ3n) is 1.57. The monoisotopic (exact) mass is 194 g/mol. The van der Waals surface area contributed by atoms with E-state index in [-0.39, 0.29) is 12.0 Å². The average Bonchev–Trinajstić information content (AvgIpc) is 2.17. The third kappa shape index (κ3) is 2.73. The maximum Gasteiger partial charge on any atom is 0.269 e. The summed E-state index contributed by atoms with van der Waals surface area (Å²) in [6, 6.07) is 3.37. The van der Waals surface area contributed by atoms with Crippen molar-refractivity contribution in [2.75, 3.05) is 7.05 Å². The van der Waals surface area contributed by atoms with Crippen LogP contribution in [0.25, 0.3) is 0 Å². The number of ether oxygens (including phenoxy) is 1. The van der Waals surface area contributed by atoms with Crippen LogP contribution in [0.15, 0.2) is 18.3 Å². The number of rotatable bonds is 3. The molecule has 0 bridgehead atoms. The van der Waals surface area contributed by atoms with Crippen molar-refractivity contribution in [1.82, 2.24) is 10.3 Å². The second-order valence-electron chi connectivity index (χ2n) is 3.12. The van der Waals surface area contributed by atoms with Gasteiger partial charge in [-0.25, -0.2) is 4.98 Å². The number of hydrogen-bond donors (Lipinski definition) is 1. The van der Waals surface area contributed by atoms with Crippen molar-refractivity contribution >= 4 is 5.91 Å². The number of nitrogens with one attached hydrogen (secondary N) is 1. The van der Waals surface area contributed by atoms with Crippen LogP contribution in [0.4, 0.5) is 0 Å². The van der Waals surface area contributed by atoms with E-state index in [4.69, 9.17) is 4.74 Å². The second kappa shape index (κ2) is 4.60. The standard InChI is InChI=1S/C10H14N2O2/c1-7(2)14-8-4-5-9(12-6-8)10(13)11-3/h4-7H,1-3H3,(H,11,13). The molecule has 76 valence electrons. The van der Waals surface area contributed by atoms with E-state index in [1.54, 1.807) is 25.4 Å². The normalized spacial score (nSPS) is 10.0. The summed E-state index contributed by atoms with van der Waals surface area (Å²) in [6.07, 6.45) is 1.66. The number of pyridine rings is 1. The Kier molecular flexibility index (Phi) is 3.45. The molecule has 0 aliphatic rings. The molecule has 0 fully saturated rings. The van der Waals surface area contributed by atoms with Gasteiger partial charge in [0, 0.05) is 7.05 Å². The SMILES string of the molecule is CNC(=O)c1ccc(OC(C)C)cn1. The first-order valence-electron chi connectivity index (χ1n) is 4.48. The average molecular weight is 194 g/mol. The summed E-state index contributed by atoms with van der Waals surface area (Å²) >= 11 is 0. The van der Waals surface area contributed by atoms with Gasteiger partial charge in [-0.3, -0.25) is 4.79 Å². The Morgan fingerprint density at radius 1 is 1.50 bits per heavy atom. The van der Waals surface area contributed by atoms with E-state index < -0.39 is 0 Å². The lowest BCUT2D eigenvalue weighted by Gasteiger charge is -2.08. The number of carbonyl (C=O) groups is 1. The first kappa shape index (κ1) is 10.5. The molecule has 4 nitrogen and oxygen atoms in total. The molecule has 1 rings (SSSR count). The Morgan fingerprint density at radius 2 is 2.21 bits per heavy atom. The van der Waals surface area contributed by atoms with E-state index in [0.717, 1.165) is 0 Å². The van der Waals surface area contributed by atoms with Crippen LogP contribution in [0.3, 0.4) is 0 Å². The summed E-state index contributed by atoms with van der Waals surface area (Å²) < 4.78 is 5.39. The van der Waals surface area contributed by atoms with Crippen LogP contribution < -0.4 is 10.1 Å². The van der Waals surface area contributed by atoms with E-state index in [2.05, 4.69) is 10.3 Å². The summed E-state index contributed by atoms with van der Waals surface area (Å²) in [5.41, 5.74) is 0.392. The van der Waals surface area contributed by atoms with E-state index in [9.17, 15) is 4.79 Å². The Hall–Kier alpha value is -1.58. The van der Waals surface area contributed by atoms with Crippen LogP contribution in [0.2, 0.25) is 0 Å². The van der Waals surface area contributed by atoms with Crippen LogP contribution in [0, 0.1) is 0 Å². The van der Waals surface area contributed by atoms with Crippen molar-refractivity contribution in [2.45, 2.75) is 20.0 Å². The molecular formula is C10H14N2O2. The summed E-state index contributed by atoms with van der Waals surface area (Å²) in [6.45, 7) is 3.87. The number of aromatic nitrogens is 1. The largest absolute Gasteiger partial charge is 0.489 e. The zero-order chi connectivity index (χ0) is 10.6. The Morgan fingerprint density at radius 3 is 2.64 bits per heavy atom. The zero-order valence-corrected chi connectivity index (χ0v) is 8.57. The number of nitrogens with zero attached hydrogens (tertiary/aromatic N) is 1. The van der Waals surface area contributed by atoms with Crippen molar-refractivity contribution in [3.05, 3.63) is 24.0 Å². The van der Waals surface area contributed by atoms with Gasteiger partial charge in [0.15, 0.2) is 0 Å². The highest BCUT2D eigenvalue weighted by molar-refractivity contribution is 5.91. The van der Waals surface area contributed by atoms with Crippen LogP contribution >= 0.6 is 0 Å². The van der Waals surface area contributed by atoms with Crippen molar-refractivity contribution in [3.63, 3.8) is 0 Å². The fourth-order valence-electron chi connectivity index (χ4n) is 0.985. The number of carbonyl (C=O) groups excluding carboxylic acids is 1. The molecule has 0 aliphatic heterocycles. The maximum atomic E-state index is 11.1. The maximum absolute atomic E-state index is 11.1. The highest BCUT2D eigenvalue weighted by Crippen LogP contribution is 2.10. The van der Waals surface area contributed by atoms with E-state index in [1.165, 1.54) is 0 Å². The molecule has 0 aromatic carbocycles. The molecule has 0 radical (unpaired) electrons. The van der Waals surface area contributed by atoms with Crippen LogP contribution in [0.5, 0.6) is 5.75 Å². The summed E-state index contributed by atoms with van der Waals surface area (Å²) in [7, 11) is 1.57. The number of hydrogen-bond acceptors (Lipinski definition) is 3. The molecule has 1 amide bonds. The summed E-state index contributed by atoms with van der Waals surface area (Å²) in [5, 5.41) is 2.50. The summed E-state index contributed by atoms with van der Waals surface area (Å²) in [5.74, 6) is 0.480. The van der Waals surface area contributed by atoms with Gasteiger partial charge in [0.2, 0.25) is 0 Å². The molecular weight excluding hydrogens is 180 g/mol. The minimum atomic E-state index is -0.193. The third-order valence-corrected chi connectivity index (χ3v) is 1.57. The zero-order valence-electron chi connectivity index (χ0n) is 8.57. The van der Waals surface area contributed by atoms with Gasteiger partial charge >= 0.3 is 0 Å². The van der Waals surface area contributed by atoms with E-state index in [1.807, 2.05) is 13.8 Å². The first-order valence-corrected chi connectivity index (χ1v) is 4.48. The van der Waals surface area contributed by atoms with Crippen LogP contribution in [0.1, 0.15) is 24.3 Å². The van der Waals surface area contributed by atoms with Crippen molar-refractivity contribution in [1.29, 1.82) is 0 Å². The van der Waals surface area contributed by atoms with Gasteiger partial charge in [-0.1, -0.05) is 0 Å². The highest BCUT2D eigenvalue weighted by Gasteiger charge is 2.04. The molecule has 1 heterocycles. The van der Waals surface area contributed by atoms with Gasteiger partial charge in [0.1, 0.15) is 11.4 Å². The lowest BCUT2D eigenvalue weighted by molar-refractivity contribution is 0.0958. The van der Waals surface area contributed by atoms with Crippen LogP contribution in [-0.4, -0.2) is 24.0 Å². The van der Waals surface area contributed by atoms with Gasteiger partial charge in [-0.15, -0.1) is 0 Å². The molecule has 14 heavy (non-hydrogen) atoms. The molecule has 1 aromatic rings. The van der Waals surface area contributed by atoms with E-state index in [0.29, 0.717) is 11.4 Å². The minimum Gasteiger partial charge on any atom is -0.489 e. The molecule has 0 atom stereocenters. The lowest BCUT2D eigenvalue weighted by Crippen LogP contribution is -2.19. The molecule has 1 aromatic heterocycles. The van der Waals surface area contributed by atoms with Crippen LogP contribution in [-0.2, 0) is 0 Å². The van der Waals surface area contributed by atoms with Gasteiger partial charge < -0.3 is 10.1 Å². The predicted octanol–water partition coefficient (Wildman–Crippen LogP) is 1.23. The summed E-state index contributed by atoms with van der Waals surface area (Å²) in [4.78, 5) is 15.1. The van der Waals surface area contributed by atoms with Gasteiger partial charge in [0.05, 0.1) is 12.3 Å². The molecule has 0 aliphatic carbocycles. The van der Waals surface area contributed by atoms with Crippen molar-refractivity contribution in [3.8, 4) is 5.75 Å².